The first-order valence-electron chi connectivity index (χ1n) is 19.3. The molecular formula is C41H61FN2O4S2. The summed E-state index contributed by atoms with van der Waals surface area (Å²) < 4.78 is 39.0. The summed E-state index contributed by atoms with van der Waals surface area (Å²) in [6, 6.07) is 4.69. The lowest BCUT2D eigenvalue weighted by molar-refractivity contribution is -0.252. The molecule has 0 radical (unpaired) electrons. The minimum atomic E-state index is -2.87. The SMILES string of the molecule is CSC1CCC2(NCCN3CCS(=O)(=O)CC3)CCC3(C)C(C)(CCC4C5(C)CC=C(c6ccc(C(=O)O)c(F)c6)C(C)(C)C5CCC43C)C12. The number of nitrogens with one attached hydrogen (secondary N) is 1. The normalized spacial score (nSPS) is 43.6. The number of hydrogen-bond acceptors (Lipinski definition) is 6. The molecule has 9 unspecified atom stereocenters. The highest BCUT2D eigenvalue weighted by atomic mass is 32.2. The van der Waals surface area contributed by atoms with Crippen LogP contribution in [0, 0.1) is 50.6 Å². The van der Waals surface area contributed by atoms with E-state index >= 15 is 0 Å². The fraction of sp³-hybridized carbons (Fsp3) is 0.780. The van der Waals surface area contributed by atoms with Crippen molar-refractivity contribution in [1.29, 1.82) is 0 Å². The van der Waals surface area contributed by atoms with Crippen LogP contribution < -0.4 is 5.32 Å². The number of benzene rings is 1. The van der Waals surface area contributed by atoms with Gasteiger partial charge in [0, 0.05) is 37.0 Å². The van der Waals surface area contributed by atoms with E-state index in [0.717, 1.165) is 31.5 Å². The van der Waals surface area contributed by atoms with Crippen LogP contribution in [0.4, 0.5) is 4.39 Å². The van der Waals surface area contributed by atoms with Crippen molar-refractivity contribution in [3.05, 3.63) is 41.2 Å². The summed E-state index contributed by atoms with van der Waals surface area (Å²) >= 11 is 2.09. The molecule has 1 saturated heterocycles. The van der Waals surface area contributed by atoms with E-state index in [-0.39, 0.29) is 49.7 Å². The number of fused-ring (bicyclic) bond motifs is 7. The molecule has 1 aromatic rings. The van der Waals surface area contributed by atoms with E-state index < -0.39 is 21.6 Å². The van der Waals surface area contributed by atoms with Gasteiger partial charge in [-0.25, -0.2) is 17.6 Å². The summed E-state index contributed by atoms with van der Waals surface area (Å²) in [4.78, 5) is 13.9. The number of carboxylic acids is 1. The zero-order chi connectivity index (χ0) is 36.1. The van der Waals surface area contributed by atoms with Crippen molar-refractivity contribution in [2.24, 2.45) is 44.8 Å². The minimum absolute atomic E-state index is 0.132. The van der Waals surface area contributed by atoms with Crippen LogP contribution in [0.2, 0.25) is 0 Å². The van der Waals surface area contributed by atoms with E-state index in [4.69, 9.17) is 0 Å². The molecule has 0 amide bonds. The van der Waals surface area contributed by atoms with Crippen LogP contribution in [0.5, 0.6) is 0 Å². The number of rotatable bonds is 7. The average Bonchev–Trinajstić information content (AvgIpc) is 3.42. The highest BCUT2D eigenvalue weighted by Crippen LogP contribution is 2.79. The van der Waals surface area contributed by atoms with Gasteiger partial charge >= 0.3 is 5.97 Å². The van der Waals surface area contributed by atoms with Crippen LogP contribution >= 0.6 is 11.8 Å². The Labute approximate surface area is 305 Å². The van der Waals surface area contributed by atoms with Gasteiger partial charge in [-0.15, -0.1) is 0 Å². The molecule has 2 N–H and O–H groups in total. The summed E-state index contributed by atoms with van der Waals surface area (Å²) in [5.41, 5.74) is 2.46. The van der Waals surface area contributed by atoms with Crippen molar-refractivity contribution < 1.29 is 22.7 Å². The summed E-state index contributed by atoms with van der Waals surface area (Å²) in [6.07, 6.45) is 15.5. The van der Waals surface area contributed by atoms with Crippen LogP contribution in [-0.2, 0) is 9.84 Å². The molecule has 1 aromatic carbocycles. The first kappa shape index (κ1) is 36.9. The molecule has 0 spiro atoms. The third-order valence-electron chi connectivity index (χ3n) is 16.9. The van der Waals surface area contributed by atoms with E-state index in [1.165, 1.54) is 62.7 Å². The quantitative estimate of drug-likeness (QED) is 0.293. The topological polar surface area (TPSA) is 86.7 Å². The highest BCUT2D eigenvalue weighted by molar-refractivity contribution is 7.99. The summed E-state index contributed by atoms with van der Waals surface area (Å²) in [5.74, 6) is 0.360. The molecule has 0 bridgehead atoms. The van der Waals surface area contributed by atoms with Crippen molar-refractivity contribution in [2.45, 2.75) is 110 Å². The molecule has 5 fully saturated rings. The second-order valence-corrected chi connectivity index (χ2v) is 22.1. The third-order valence-corrected chi connectivity index (χ3v) is 19.6. The minimum Gasteiger partial charge on any atom is -0.478 e. The molecule has 9 heteroatoms. The van der Waals surface area contributed by atoms with Crippen molar-refractivity contribution >= 4 is 33.1 Å². The molecular weight excluding hydrogens is 668 g/mol. The van der Waals surface area contributed by atoms with E-state index in [2.05, 4.69) is 75.9 Å². The van der Waals surface area contributed by atoms with Crippen molar-refractivity contribution in [2.75, 3.05) is 43.9 Å². The van der Waals surface area contributed by atoms with Gasteiger partial charge in [0.25, 0.3) is 0 Å². The van der Waals surface area contributed by atoms with Crippen LogP contribution in [-0.4, -0.2) is 79.1 Å². The monoisotopic (exact) mass is 728 g/mol. The number of carboxylic acid groups (broad SMARTS) is 1. The van der Waals surface area contributed by atoms with Crippen molar-refractivity contribution in [1.82, 2.24) is 10.2 Å². The summed E-state index contributed by atoms with van der Waals surface area (Å²) in [5, 5.41) is 14.3. The Hall–Kier alpha value is -1.42. The predicted molar refractivity (Wildman–Crippen MR) is 203 cm³/mol. The Morgan fingerprint density at radius 3 is 2.30 bits per heavy atom. The number of sulfone groups is 1. The first-order chi connectivity index (χ1) is 23.4. The van der Waals surface area contributed by atoms with Crippen LogP contribution in [0.15, 0.2) is 24.3 Å². The molecule has 278 valence electrons. The fourth-order valence-corrected chi connectivity index (χ4v) is 16.6. The average molecular weight is 729 g/mol. The van der Waals surface area contributed by atoms with E-state index in [1.54, 1.807) is 0 Å². The first-order valence-corrected chi connectivity index (χ1v) is 22.4. The Morgan fingerprint density at radius 1 is 0.960 bits per heavy atom. The van der Waals surface area contributed by atoms with Gasteiger partial charge in [0.1, 0.15) is 5.82 Å². The van der Waals surface area contributed by atoms with Gasteiger partial charge in [-0.05, 0) is 132 Å². The standard InChI is InChI=1S/C41H61FN2O4S2/c1-36(2)29(27-8-9-28(35(45)46)30(42)26-27)10-14-37(3)32(36)12-15-38(4)33(37)13-16-39(5)34-31(49-7)11-17-41(34,19-18-40(38,39)6)43-20-21-44-22-24-50(47,48)25-23-44/h8-10,26,31-34,43H,11-25H2,1-7H3,(H,45,46). The predicted octanol–water partition coefficient (Wildman–Crippen LogP) is 8.18. The lowest BCUT2D eigenvalue weighted by Crippen LogP contribution is -2.72. The number of allylic oxidation sites excluding steroid dienone is 2. The van der Waals surface area contributed by atoms with Crippen molar-refractivity contribution in [3.63, 3.8) is 0 Å². The maximum atomic E-state index is 14.9. The van der Waals surface area contributed by atoms with Gasteiger partial charge in [0.15, 0.2) is 9.84 Å². The molecule has 1 heterocycles. The molecule has 50 heavy (non-hydrogen) atoms. The van der Waals surface area contributed by atoms with Gasteiger partial charge in [-0.3, -0.25) is 0 Å². The largest absolute Gasteiger partial charge is 0.478 e. The molecule has 1 aliphatic heterocycles. The number of hydrogen-bond donors (Lipinski definition) is 2. The van der Waals surface area contributed by atoms with Gasteiger partial charge in [0.2, 0.25) is 0 Å². The molecule has 5 aliphatic carbocycles. The highest BCUT2D eigenvalue weighted by Gasteiger charge is 2.74. The number of carbonyl (C=O) groups is 1. The second kappa shape index (κ2) is 12.3. The van der Waals surface area contributed by atoms with E-state index in [9.17, 15) is 22.7 Å². The lowest BCUT2D eigenvalue weighted by atomic mass is 9.30. The Balaban J connectivity index is 1.16. The lowest BCUT2D eigenvalue weighted by Gasteiger charge is -2.75. The molecule has 9 atom stereocenters. The Bertz CT molecular complexity index is 1670. The van der Waals surface area contributed by atoms with Gasteiger partial charge in [-0.1, -0.05) is 53.7 Å². The van der Waals surface area contributed by atoms with Gasteiger partial charge in [0.05, 0.1) is 17.1 Å². The van der Waals surface area contributed by atoms with Crippen LogP contribution in [0.25, 0.3) is 5.57 Å². The number of nitrogens with zero attached hydrogens (tertiary/aromatic N) is 1. The zero-order valence-corrected chi connectivity index (χ0v) is 33.2. The van der Waals surface area contributed by atoms with Crippen LogP contribution in [0.1, 0.15) is 115 Å². The molecule has 6 nitrogen and oxygen atoms in total. The summed E-state index contributed by atoms with van der Waals surface area (Å²) in [6.45, 7) is 18.5. The molecule has 7 rings (SSSR count). The van der Waals surface area contributed by atoms with Crippen LogP contribution in [0.3, 0.4) is 0 Å². The second-order valence-electron chi connectivity index (χ2n) is 18.8. The zero-order valence-electron chi connectivity index (χ0n) is 31.5. The molecule has 6 aliphatic rings. The Kier molecular flexibility index (Phi) is 9.09. The number of halogens is 1. The number of thioether (sulfide) groups is 1. The maximum absolute atomic E-state index is 14.9. The Morgan fingerprint density at radius 2 is 1.64 bits per heavy atom. The van der Waals surface area contributed by atoms with Crippen molar-refractivity contribution in [3.8, 4) is 0 Å². The third kappa shape index (κ3) is 5.26. The number of aromatic carboxylic acids is 1. The van der Waals surface area contributed by atoms with E-state index in [1.807, 2.05) is 6.07 Å². The van der Waals surface area contributed by atoms with E-state index in [0.29, 0.717) is 36.1 Å². The molecule has 4 saturated carbocycles. The maximum Gasteiger partial charge on any atom is 0.338 e. The fourth-order valence-electron chi connectivity index (χ4n) is 14.1. The molecule has 0 aromatic heterocycles. The van der Waals surface area contributed by atoms with Gasteiger partial charge in [-0.2, -0.15) is 11.8 Å². The smallest absolute Gasteiger partial charge is 0.338 e. The summed E-state index contributed by atoms with van der Waals surface area (Å²) in [7, 11) is -2.87. The van der Waals surface area contributed by atoms with Gasteiger partial charge < -0.3 is 15.3 Å².